The maximum Gasteiger partial charge on any atom is 0.266 e. The van der Waals surface area contributed by atoms with Crippen LogP contribution in [0.15, 0.2) is 88.8 Å². The average Bonchev–Trinajstić information content (AvgIpc) is 3.63. The number of benzene rings is 3. The van der Waals surface area contributed by atoms with E-state index >= 15 is 0 Å². The molecule has 0 aliphatic carbocycles. The van der Waals surface area contributed by atoms with Gasteiger partial charge < -0.3 is 9.47 Å². The van der Waals surface area contributed by atoms with Gasteiger partial charge in [-0.15, -0.1) is 0 Å². The Morgan fingerprint density at radius 2 is 1.69 bits per heavy atom. The maximum atomic E-state index is 13.8. The van der Waals surface area contributed by atoms with Crippen molar-refractivity contribution in [2.45, 2.75) is 31.6 Å². The fourth-order valence-corrected chi connectivity index (χ4v) is 9.32. The van der Waals surface area contributed by atoms with Crippen LogP contribution in [0.4, 0.5) is 0 Å². The van der Waals surface area contributed by atoms with Gasteiger partial charge in [-0.2, -0.15) is 9.40 Å². The maximum absolute atomic E-state index is 13.8. The van der Waals surface area contributed by atoms with Gasteiger partial charge in [0.2, 0.25) is 10.0 Å². The first-order chi connectivity index (χ1) is 23.1. The van der Waals surface area contributed by atoms with Crippen LogP contribution in [0.2, 0.25) is 0 Å². The van der Waals surface area contributed by atoms with E-state index in [0.29, 0.717) is 63.6 Å². The molecule has 250 valence electrons. The third-order valence-corrected chi connectivity index (χ3v) is 11.8. The van der Waals surface area contributed by atoms with Gasteiger partial charge in [0.1, 0.15) is 10.0 Å². The number of thiocarbonyl (C=S) groups is 1. The van der Waals surface area contributed by atoms with Crippen LogP contribution in [0.25, 0.3) is 23.0 Å². The number of hydrogen-bond acceptors (Lipinski definition) is 8. The Kier molecular flexibility index (Phi) is 10.1. The van der Waals surface area contributed by atoms with Crippen LogP contribution in [0, 0.1) is 11.8 Å². The highest BCUT2D eigenvalue weighted by atomic mass is 32.2. The molecule has 6 rings (SSSR count). The number of rotatable bonds is 10. The summed E-state index contributed by atoms with van der Waals surface area (Å²) < 4.78 is 42.2. The largest absolute Gasteiger partial charge is 0.493 e. The molecule has 2 atom stereocenters. The summed E-state index contributed by atoms with van der Waals surface area (Å²) in [4.78, 5) is 16.0. The minimum absolute atomic E-state index is 0.187. The van der Waals surface area contributed by atoms with Crippen molar-refractivity contribution in [3.05, 3.63) is 95.0 Å². The minimum atomic E-state index is -3.71. The van der Waals surface area contributed by atoms with E-state index in [9.17, 15) is 13.2 Å². The molecule has 2 saturated heterocycles. The molecule has 0 bridgehead atoms. The lowest BCUT2D eigenvalue weighted by Gasteiger charge is -2.34. The molecule has 3 aromatic carbocycles. The van der Waals surface area contributed by atoms with Crippen LogP contribution in [0.5, 0.6) is 11.5 Å². The summed E-state index contributed by atoms with van der Waals surface area (Å²) in [6.45, 7) is 5.59. The number of hydrogen-bond donors (Lipinski definition) is 0. The average molecular weight is 703 g/mol. The first-order valence-corrected chi connectivity index (χ1v) is 18.5. The molecule has 0 saturated carbocycles. The van der Waals surface area contributed by atoms with Crippen LogP contribution in [0.3, 0.4) is 0 Å². The Morgan fingerprint density at radius 1 is 0.958 bits per heavy atom. The topological polar surface area (TPSA) is 94.0 Å². The lowest BCUT2D eigenvalue weighted by Crippen LogP contribution is -2.42. The van der Waals surface area contributed by atoms with Crippen LogP contribution >= 0.6 is 24.0 Å². The lowest BCUT2D eigenvalue weighted by atomic mass is 9.94. The fourth-order valence-electron chi connectivity index (χ4n) is 6.30. The zero-order valence-corrected chi connectivity index (χ0v) is 29.8. The summed E-state index contributed by atoms with van der Waals surface area (Å²) in [6, 6.07) is 22.3. The summed E-state index contributed by atoms with van der Waals surface area (Å²) in [7, 11) is -0.532. The monoisotopic (exact) mass is 702 g/mol. The van der Waals surface area contributed by atoms with Crippen molar-refractivity contribution in [1.82, 2.24) is 19.0 Å². The van der Waals surface area contributed by atoms with Gasteiger partial charge in [-0.25, -0.2) is 13.1 Å². The second-order valence-corrected chi connectivity index (χ2v) is 15.9. The highest BCUT2D eigenvalue weighted by Crippen LogP contribution is 2.36. The first-order valence-electron chi connectivity index (χ1n) is 15.8. The van der Waals surface area contributed by atoms with E-state index in [0.717, 1.165) is 17.7 Å². The summed E-state index contributed by atoms with van der Waals surface area (Å²) in [5.74, 6) is 1.66. The van der Waals surface area contributed by atoms with Gasteiger partial charge in [0.25, 0.3) is 5.91 Å². The number of aromatic nitrogens is 2. The van der Waals surface area contributed by atoms with E-state index in [1.54, 1.807) is 52.4 Å². The summed E-state index contributed by atoms with van der Waals surface area (Å²) in [6.07, 6.45) is 5.24. The number of methoxy groups -OCH3 is 2. The summed E-state index contributed by atoms with van der Waals surface area (Å²) in [5, 5.41) is 4.90. The van der Waals surface area contributed by atoms with Gasteiger partial charge >= 0.3 is 0 Å². The highest BCUT2D eigenvalue weighted by Gasteiger charge is 2.34. The molecule has 2 aliphatic heterocycles. The number of thioether (sulfide) groups is 1. The molecule has 1 amide bonds. The summed E-state index contributed by atoms with van der Waals surface area (Å²) in [5.41, 5.74) is 3.70. The van der Waals surface area contributed by atoms with Gasteiger partial charge in [0.15, 0.2) is 11.5 Å². The predicted octanol–water partition coefficient (Wildman–Crippen LogP) is 6.67. The molecule has 9 nitrogen and oxygen atoms in total. The zero-order chi connectivity index (χ0) is 34.0. The van der Waals surface area contributed by atoms with E-state index in [4.69, 9.17) is 26.8 Å². The molecule has 48 heavy (non-hydrogen) atoms. The van der Waals surface area contributed by atoms with Crippen LogP contribution in [-0.2, 0) is 21.2 Å². The molecule has 3 heterocycles. The Hall–Kier alpha value is -3.97. The second kappa shape index (κ2) is 14.3. The van der Waals surface area contributed by atoms with Crippen molar-refractivity contribution in [2.75, 3.05) is 33.9 Å². The molecule has 0 spiro atoms. The summed E-state index contributed by atoms with van der Waals surface area (Å²) >= 11 is 6.90. The van der Waals surface area contributed by atoms with Gasteiger partial charge in [-0.1, -0.05) is 74.2 Å². The molecule has 2 unspecified atom stereocenters. The number of carbonyl (C=O) groups is 1. The highest BCUT2D eigenvalue weighted by molar-refractivity contribution is 8.26. The van der Waals surface area contributed by atoms with Crippen LogP contribution < -0.4 is 9.47 Å². The number of ether oxygens (including phenoxy) is 2. The van der Waals surface area contributed by atoms with E-state index in [1.165, 1.54) is 11.8 Å². The fraction of sp³-hybridized carbons (Fsp3) is 0.306. The molecule has 0 N–H and O–H groups in total. The van der Waals surface area contributed by atoms with Gasteiger partial charge in [-0.3, -0.25) is 9.69 Å². The van der Waals surface area contributed by atoms with Crippen molar-refractivity contribution in [3.8, 4) is 28.4 Å². The van der Waals surface area contributed by atoms with E-state index < -0.39 is 10.0 Å². The SMILES string of the molecule is COc1ccc(CCN2C(=O)/C(=C/c3cn(-c4ccccc4)nc3-c3cccc(S(=O)(=O)N4CC(C)CC(C)C4)c3)SC2=S)cc1OC. The Morgan fingerprint density at radius 3 is 2.40 bits per heavy atom. The number of para-hydroxylation sites is 1. The van der Waals surface area contributed by atoms with Gasteiger partial charge in [-0.05, 0) is 72.7 Å². The molecule has 0 radical (unpaired) electrons. The Labute approximate surface area is 291 Å². The smallest absolute Gasteiger partial charge is 0.266 e. The third kappa shape index (κ3) is 7.07. The molecular formula is C36H38N4O5S3. The Balaban J connectivity index is 1.31. The number of nitrogens with zero attached hydrogens (tertiary/aromatic N) is 4. The first kappa shape index (κ1) is 33.9. The standard InChI is InChI=1S/C36H38N4O5S3/c1-24-17-25(2)22-38(21-24)48(42,43)30-12-8-9-27(19-30)34-28(23-40(37-34)29-10-6-5-7-11-29)20-33-35(41)39(36(46)47-33)16-15-26-13-14-31(44-3)32(18-26)45-4/h5-14,18-20,23-25H,15-17,21-22H2,1-4H3/b33-20-. The van der Waals surface area contributed by atoms with Crippen molar-refractivity contribution >= 4 is 50.3 Å². The van der Waals surface area contributed by atoms with E-state index in [-0.39, 0.29) is 22.6 Å². The molecule has 12 heteroatoms. The van der Waals surface area contributed by atoms with E-state index in [1.807, 2.05) is 60.8 Å². The number of carbonyl (C=O) groups excluding carboxylic acids is 1. The normalized spacial score (nSPS) is 19.7. The van der Waals surface area contributed by atoms with Gasteiger partial charge in [0, 0.05) is 37.0 Å². The minimum Gasteiger partial charge on any atom is -0.493 e. The second-order valence-electron chi connectivity index (χ2n) is 12.3. The molecule has 2 fully saturated rings. The molecule has 1 aromatic heterocycles. The van der Waals surface area contributed by atoms with Crippen molar-refractivity contribution < 1.29 is 22.7 Å². The number of amides is 1. The Bertz CT molecular complexity index is 1970. The molecular weight excluding hydrogens is 665 g/mol. The third-order valence-electron chi connectivity index (χ3n) is 8.58. The number of piperidine rings is 1. The van der Waals surface area contributed by atoms with Crippen LogP contribution in [0.1, 0.15) is 31.4 Å². The predicted molar refractivity (Wildman–Crippen MR) is 194 cm³/mol. The van der Waals surface area contributed by atoms with Crippen molar-refractivity contribution in [1.29, 1.82) is 0 Å². The van der Waals surface area contributed by atoms with Gasteiger partial charge in [0.05, 0.1) is 29.7 Å². The quantitative estimate of drug-likeness (QED) is 0.134. The number of sulfonamides is 1. The molecule has 4 aromatic rings. The molecule has 2 aliphatic rings. The zero-order valence-electron chi connectivity index (χ0n) is 27.3. The van der Waals surface area contributed by atoms with E-state index in [2.05, 4.69) is 13.8 Å². The van der Waals surface area contributed by atoms with Crippen molar-refractivity contribution in [2.24, 2.45) is 11.8 Å². The van der Waals surface area contributed by atoms with Crippen molar-refractivity contribution in [3.63, 3.8) is 0 Å². The van der Waals surface area contributed by atoms with Crippen LogP contribution in [-0.4, -0.2) is 71.5 Å². The lowest BCUT2D eigenvalue weighted by molar-refractivity contribution is -0.122.